The monoisotopic (exact) mass is 651 g/mol. The molecule has 3 N–H and O–H groups in total. The molecule has 1 amide bonds. The first-order valence-corrected chi connectivity index (χ1v) is 17.2. The summed E-state index contributed by atoms with van der Waals surface area (Å²) in [5, 5.41) is 13.4. The van der Waals surface area contributed by atoms with Crippen molar-refractivity contribution < 1.29 is 27.8 Å². The van der Waals surface area contributed by atoms with E-state index in [0.717, 1.165) is 16.7 Å². The highest BCUT2D eigenvalue weighted by Crippen LogP contribution is 2.35. The fourth-order valence-corrected chi connectivity index (χ4v) is 7.21. The highest BCUT2D eigenvalue weighted by molar-refractivity contribution is 7.92. The third-order valence-electron chi connectivity index (χ3n) is 8.24. The number of hydrogen-bond acceptors (Lipinski definition) is 9. The van der Waals surface area contributed by atoms with Gasteiger partial charge in [-0.1, -0.05) is 45.0 Å². The molecule has 0 saturated heterocycles. The molecule has 12 heteroatoms. The number of rotatable bonds is 7. The predicted octanol–water partition coefficient (Wildman–Crippen LogP) is 5.02. The van der Waals surface area contributed by atoms with Crippen LogP contribution in [0.5, 0.6) is 5.88 Å². The molecule has 1 saturated carbocycles. The van der Waals surface area contributed by atoms with Crippen LogP contribution in [0.15, 0.2) is 53.4 Å². The van der Waals surface area contributed by atoms with Crippen molar-refractivity contribution in [2.45, 2.75) is 103 Å². The summed E-state index contributed by atoms with van der Waals surface area (Å²) >= 11 is 0. The van der Waals surface area contributed by atoms with Gasteiger partial charge in [-0.25, -0.2) is 18.1 Å². The average molecular weight is 652 g/mol. The number of nitrogens with zero attached hydrogens (tertiary/aromatic N) is 3. The highest BCUT2D eigenvalue weighted by atomic mass is 32.2. The van der Waals surface area contributed by atoms with Crippen molar-refractivity contribution in [1.82, 2.24) is 20.2 Å². The van der Waals surface area contributed by atoms with Crippen molar-refractivity contribution in [3.63, 3.8) is 0 Å². The Morgan fingerprint density at radius 1 is 1.09 bits per heavy atom. The first kappa shape index (κ1) is 33.8. The number of aliphatic hydroxyl groups excluding tert-OH is 1. The normalized spacial score (nSPS) is 22.1. The van der Waals surface area contributed by atoms with Gasteiger partial charge in [0, 0.05) is 29.3 Å². The fraction of sp³-hybridized carbons (Fsp3) is 0.500. The van der Waals surface area contributed by atoms with Crippen LogP contribution in [0.1, 0.15) is 75.4 Å². The number of sulfonamides is 1. The summed E-state index contributed by atoms with van der Waals surface area (Å²) in [7, 11) is -4.16. The third-order valence-corrected chi connectivity index (χ3v) is 9.57. The van der Waals surface area contributed by atoms with E-state index in [0.29, 0.717) is 25.0 Å². The molecule has 0 radical (unpaired) electrons. The second-order valence-corrected chi connectivity index (χ2v) is 15.5. The first-order chi connectivity index (χ1) is 21.6. The molecule has 1 fully saturated rings. The van der Waals surface area contributed by atoms with Crippen LogP contribution in [-0.2, 0) is 14.8 Å². The topological polar surface area (TPSA) is 143 Å². The number of aliphatic hydroxyl groups is 1. The van der Waals surface area contributed by atoms with Crippen molar-refractivity contribution in [1.29, 1.82) is 0 Å². The number of nitrogens with one attached hydrogen (secondary N) is 2. The number of aromatic nitrogens is 2. The van der Waals surface area contributed by atoms with E-state index in [2.05, 4.69) is 40.8 Å². The van der Waals surface area contributed by atoms with E-state index in [-0.39, 0.29) is 64.4 Å². The third kappa shape index (κ3) is 7.86. The molecule has 2 aromatic carbocycles. The van der Waals surface area contributed by atoms with Gasteiger partial charge >= 0.3 is 0 Å². The standard InChI is InChI=1S/C34H45N5O6S/c1-20(2)45-33(41)35-24-15-25(16-24)39-26(18-34(5,6)7)19-44-29-17-28(30-21(3)10-8-11-22(30)4)36-32(37-29)38-46(42,43)27-13-9-12-23(14-27)31(39)40/h8-14,17,20,24-26,33,35,41H,15-16,18-19H2,1-7H3,(H,36,37,38)/t24?,25?,26-,33?/m1/s1. The molecule has 5 rings (SSSR count). The molecule has 4 bridgehead atoms. The van der Waals surface area contributed by atoms with Crippen LogP contribution in [0.3, 0.4) is 0 Å². The number of anilines is 1. The molecule has 2 heterocycles. The molecule has 1 aliphatic carbocycles. The van der Waals surface area contributed by atoms with Crippen LogP contribution in [0.2, 0.25) is 0 Å². The van der Waals surface area contributed by atoms with Crippen LogP contribution in [0.4, 0.5) is 5.95 Å². The van der Waals surface area contributed by atoms with Crippen LogP contribution in [0, 0.1) is 19.3 Å². The van der Waals surface area contributed by atoms with Gasteiger partial charge < -0.3 is 19.5 Å². The molecule has 2 atom stereocenters. The molecule has 0 spiro atoms. The summed E-state index contributed by atoms with van der Waals surface area (Å²) in [4.78, 5) is 25.2. The SMILES string of the molecule is Cc1cccc(C)c1-c1cc2nc(n1)NS(=O)(=O)c1cccc(c1)C(=O)N(C1CC(NC(O)OC(C)C)C1)[C@H](CC(C)(C)C)CO2. The van der Waals surface area contributed by atoms with Crippen molar-refractivity contribution in [2.75, 3.05) is 11.3 Å². The van der Waals surface area contributed by atoms with Gasteiger partial charge in [-0.15, -0.1) is 0 Å². The molecule has 1 aliphatic heterocycles. The van der Waals surface area contributed by atoms with Crippen molar-refractivity contribution in [3.8, 4) is 17.1 Å². The largest absolute Gasteiger partial charge is 0.475 e. The average Bonchev–Trinajstić information content (AvgIpc) is 2.92. The summed E-state index contributed by atoms with van der Waals surface area (Å²) in [6.07, 6.45) is 0.517. The van der Waals surface area contributed by atoms with E-state index in [1.807, 2.05) is 50.8 Å². The number of amides is 1. The number of benzene rings is 2. The Hall–Kier alpha value is -3.58. The Labute approximate surface area is 271 Å². The Bertz CT molecular complexity index is 1660. The summed E-state index contributed by atoms with van der Waals surface area (Å²) < 4.78 is 41.6. The van der Waals surface area contributed by atoms with Gasteiger partial charge in [-0.05, 0) is 81.7 Å². The van der Waals surface area contributed by atoms with Gasteiger partial charge in [0.2, 0.25) is 18.2 Å². The summed E-state index contributed by atoms with van der Waals surface area (Å²) in [6, 6.07) is 13.1. The van der Waals surface area contributed by atoms with E-state index < -0.39 is 16.4 Å². The predicted molar refractivity (Wildman–Crippen MR) is 176 cm³/mol. The molecular weight excluding hydrogens is 606 g/mol. The fourth-order valence-electron chi connectivity index (χ4n) is 6.22. The minimum Gasteiger partial charge on any atom is -0.475 e. The van der Waals surface area contributed by atoms with Crippen LogP contribution >= 0.6 is 0 Å². The second kappa shape index (κ2) is 13.3. The maximum atomic E-state index is 14.4. The number of aryl methyl sites for hydroxylation is 2. The van der Waals surface area contributed by atoms with Crippen LogP contribution < -0.4 is 14.8 Å². The van der Waals surface area contributed by atoms with Gasteiger partial charge in [0.25, 0.3) is 15.9 Å². The van der Waals surface area contributed by atoms with E-state index >= 15 is 0 Å². The minimum absolute atomic E-state index is 0.0624. The lowest BCUT2D eigenvalue weighted by molar-refractivity contribution is -0.155. The number of fused-ring (bicyclic) bond motifs is 4. The van der Waals surface area contributed by atoms with E-state index in [1.165, 1.54) is 12.1 Å². The second-order valence-electron chi connectivity index (χ2n) is 13.8. The van der Waals surface area contributed by atoms with Crippen molar-refractivity contribution in [2.24, 2.45) is 5.41 Å². The van der Waals surface area contributed by atoms with Crippen molar-refractivity contribution >= 4 is 21.9 Å². The molecule has 2 aliphatic rings. The molecule has 1 aromatic heterocycles. The van der Waals surface area contributed by atoms with Gasteiger partial charge in [0.15, 0.2) is 0 Å². The van der Waals surface area contributed by atoms with Crippen LogP contribution in [0.25, 0.3) is 11.3 Å². The van der Waals surface area contributed by atoms with Gasteiger partial charge in [-0.2, -0.15) is 4.98 Å². The van der Waals surface area contributed by atoms with Crippen molar-refractivity contribution in [3.05, 3.63) is 65.2 Å². The smallest absolute Gasteiger partial charge is 0.264 e. The number of hydrogen-bond donors (Lipinski definition) is 3. The highest BCUT2D eigenvalue weighted by Gasteiger charge is 2.42. The summed E-state index contributed by atoms with van der Waals surface area (Å²) in [5.41, 5.74) is 3.42. The molecular formula is C34H45N5O6S. The Kier molecular flexibility index (Phi) is 9.74. The molecule has 3 aromatic rings. The summed E-state index contributed by atoms with van der Waals surface area (Å²) in [6.45, 7) is 14.1. The number of carbonyl (C=O) groups is 1. The zero-order chi connectivity index (χ0) is 33.4. The van der Waals surface area contributed by atoms with Gasteiger partial charge in [0.05, 0.1) is 22.7 Å². The number of carbonyl (C=O) groups excluding carboxylic acids is 1. The Balaban J connectivity index is 1.58. The maximum Gasteiger partial charge on any atom is 0.264 e. The number of ether oxygens (including phenoxy) is 2. The van der Waals surface area contributed by atoms with E-state index in [4.69, 9.17) is 9.47 Å². The lowest BCUT2D eigenvalue weighted by Crippen LogP contribution is -2.60. The quantitative estimate of drug-likeness (QED) is 0.300. The molecule has 1 unspecified atom stereocenters. The molecule has 248 valence electrons. The lowest BCUT2D eigenvalue weighted by Gasteiger charge is -2.48. The molecule has 11 nitrogen and oxygen atoms in total. The maximum absolute atomic E-state index is 14.4. The van der Waals surface area contributed by atoms with Gasteiger partial charge in [0.1, 0.15) is 6.61 Å². The zero-order valence-electron chi connectivity index (χ0n) is 27.6. The van der Waals surface area contributed by atoms with Gasteiger partial charge in [-0.3, -0.25) is 10.1 Å². The minimum atomic E-state index is -4.16. The summed E-state index contributed by atoms with van der Waals surface area (Å²) in [5.74, 6) is -0.208. The molecule has 46 heavy (non-hydrogen) atoms. The Morgan fingerprint density at radius 2 is 1.76 bits per heavy atom. The van der Waals surface area contributed by atoms with E-state index in [9.17, 15) is 18.3 Å². The first-order valence-electron chi connectivity index (χ1n) is 15.7. The van der Waals surface area contributed by atoms with Crippen LogP contribution in [-0.4, -0.2) is 71.5 Å². The Morgan fingerprint density at radius 3 is 2.41 bits per heavy atom. The van der Waals surface area contributed by atoms with E-state index in [1.54, 1.807) is 18.2 Å². The zero-order valence-corrected chi connectivity index (χ0v) is 28.4. The lowest BCUT2D eigenvalue weighted by atomic mass is 9.81.